The maximum Gasteiger partial charge on any atom is 0.316 e. The summed E-state index contributed by atoms with van der Waals surface area (Å²) in [4.78, 5) is 14.0. The third kappa shape index (κ3) is 4.15. The van der Waals surface area contributed by atoms with E-state index in [2.05, 4.69) is 20.8 Å². The fraction of sp³-hybridized carbons (Fsp3) is 0.769. The van der Waals surface area contributed by atoms with E-state index in [4.69, 9.17) is 9.15 Å². The minimum atomic E-state index is -0.411. The highest BCUT2D eigenvalue weighted by Gasteiger charge is 2.24. The molecule has 2 unspecified atom stereocenters. The van der Waals surface area contributed by atoms with E-state index in [9.17, 15) is 4.79 Å². The standard InChI is InChI=1S/C13H23N5O3/c1-4-14-9(2)11-16-17-13(21-11)15-10(3)12(19)18-5-7-20-8-6-18/h9-10,14H,4-8H2,1-3H3,(H,15,17). The molecule has 0 radical (unpaired) electrons. The van der Waals surface area contributed by atoms with E-state index in [-0.39, 0.29) is 18.0 Å². The minimum absolute atomic E-state index is 0.0108. The fourth-order valence-corrected chi connectivity index (χ4v) is 2.17. The average Bonchev–Trinajstić information content (AvgIpc) is 2.96. The summed E-state index contributed by atoms with van der Waals surface area (Å²) in [7, 11) is 0. The van der Waals surface area contributed by atoms with E-state index in [1.807, 2.05) is 13.8 Å². The van der Waals surface area contributed by atoms with Gasteiger partial charge in [-0.2, -0.15) is 0 Å². The van der Waals surface area contributed by atoms with Gasteiger partial charge in [-0.15, -0.1) is 5.10 Å². The number of carbonyl (C=O) groups excluding carboxylic acids is 1. The van der Waals surface area contributed by atoms with Crippen molar-refractivity contribution in [2.24, 2.45) is 0 Å². The van der Waals surface area contributed by atoms with Crippen molar-refractivity contribution in [1.82, 2.24) is 20.4 Å². The number of anilines is 1. The predicted molar refractivity (Wildman–Crippen MR) is 76.9 cm³/mol. The van der Waals surface area contributed by atoms with Crippen molar-refractivity contribution >= 4 is 11.9 Å². The Bertz CT molecular complexity index is 458. The first kappa shape index (κ1) is 15.7. The molecule has 1 saturated heterocycles. The Morgan fingerprint density at radius 1 is 1.33 bits per heavy atom. The smallest absolute Gasteiger partial charge is 0.316 e. The first-order chi connectivity index (χ1) is 10.1. The van der Waals surface area contributed by atoms with E-state index >= 15 is 0 Å². The van der Waals surface area contributed by atoms with Gasteiger partial charge >= 0.3 is 6.01 Å². The molecule has 8 nitrogen and oxygen atoms in total. The Morgan fingerprint density at radius 3 is 2.71 bits per heavy atom. The number of rotatable bonds is 6. The lowest BCUT2D eigenvalue weighted by Gasteiger charge is -2.29. The molecule has 2 N–H and O–H groups in total. The summed E-state index contributed by atoms with van der Waals surface area (Å²) in [5, 5.41) is 14.0. The average molecular weight is 297 g/mol. The highest BCUT2D eigenvalue weighted by atomic mass is 16.5. The van der Waals surface area contributed by atoms with Crippen LogP contribution < -0.4 is 10.6 Å². The number of ether oxygens (including phenoxy) is 1. The van der Waals surface area contributed by atoms with Gasteiger partial charge in [-0.05, 0) is 20.4 Å². The first-order valence-corrected chi connectivity index (χ1v) is 7.31. The van der Waals surface area contributed by atoms with E-state index in [0.29, 0.717) is 32.2 Å². The molecule has 21 heavy (non-hydrogen) atoms. The van der Waals surface area contributed by atoms with Gasteiger partial charge in [0, 0.05) is 13.1 Å². The van der Waals surface area contributed by atoms with Crippen molar-refractivity contribution in [2.75, 3.05) is 38.2 Å². The van der Waals surface area contributed by atoms with Crippen LogP contribution in [0.15, 0.2) is 4.42 Å². The second-order valence-electron chi connectivity index (χ2n) is 5.03. The highest BCUT2D eigenvalue weighted by Crippen LogP contribution is 2.14. The number of amides is 1. The van der Waals surface area contributed by atoms with Crippen LogP contribution in [0.2, 0.25) is 0 Å². The molecule has 1 aliphatic heterocycles. The van der Waals surface area contributed by atoms with Crippen molar-refractivity contribution in [2.45, 2.75) is 32.9 Å². The largest absolute Gasteiger partial charge is 0.406 e. The molecule has 2 atom stereocenters. The van der Waals surface area contributed by atoms with Gasteiger partial charge in [-0.1, -0.05) is 12.0 Å². The van der Waals surface area contributed by atoms with Gasteiger partial charge in [-0.3, -0.25) is 4.79 Å². The molecule has 0 saturated carbocycles. The normalized spacial score (nSPS) is 18.3. The van der Waals surface area contributed by atoms with E-state index in [1.165, 1.54) is 0 Å². The predicted octanol–water partition coefficient (Wildman–Crippen LogP) is 0.399. The van der Waals surface area contributed by atoms with Crippen molar-refractivity contribution in [3.8, 4) is 0 Å². The van der Waals surface area contributed by atoms with Crippen LogP contribution in [0.1, 0.15) is 32.7 Å². The Morgan fingerprint density at radius 2 is 2.05 bits per heavy atom. The molecule has 0 bridgehead atoms. The molecule has 1 aromatic heterocycles. The van der Waals surface area contributed by atoms with Gasteiger partial charge in [0.2, 0.25) is 11.8 Å². The summed E-state index contributed by atoms with van der Waals surface area (Å²) in [5.41, 5.74) is 0. The van der Waals surface area contributed by atoms with Gasteiger partial charge in [0.15, 0.2) is 0 Å². The number of aromatic nitrogens is 2. The monoisotopic (exact) mass is 297 g/mol. The zero-order valence-corrected chi connectivity index (χ0v) is 12.8. The molecule has 8 heteroatoms. The SMILES string of the molecule is CCNC(C)c1nnc(NC(C)C(=O)N2CCOCC2)o1. The zero-order chi connectivity index (χ0) is 15.2. The van der Waals surface area contributed by atoms with Crippen LogP contribution >= 0.6 is 0 Å². The second-order valence-corrected chi connectivity index (χ2v) is 5.03. The van der Waals surface area contributed by atoms with Crippen LogP contribution in [-0.2, 0) is 9.53 Å². The van der Waals surface area contributed by atoms with E-state index in [1.54, 1.807) is 11.8 Å². The molecule has 2 rings (SSSR count). The fourth-order valence-electron chi connectivity index (χ4n) is 2.17. The lowest BCUT2D eigenvalue weighted by molar-refractivity contribution is -0.135. The number of hydrogen-bond donors (Lipinski definition) is 2. The van der Waals surface area contributed by atoms with E-state index in [0.717, 1.165) is 6.54 Å². The number of hydrogen-bond acceptors (Lipinski definition) is 7. The molecule has 0 spiro atoms. The maximum atomic E-state index is 12.3. The number of nitrogens with one attached hydrogen (secondary N) is 2. The zero-order valence-electron chi connectivity index (χ0n) is 12.8. The second kappa shape index (κ2) is 7.37. The first-order valence-electron chi connectivity index (χ1n) is 7.31. The molecule has 1 amide bonds. The summed E-state index contributed by atoms with van der Waals surface area (Å²) in [6.07, 6.45) is 0. The van der Waals surface area contributed by atoms with Gasteiger partial charge in [-0.25, -0.2) is 0 Å². The number of morpholine rings is 1. The van der Waals surface area contributed by atoms with Crippen molar-refractivity contribution < 1.29 is 13.9 Å². The van der Waals surface area contributed by atoms with Gasteiger partial charge in [0.05, 0.1) is 19.3 Å². The Kier molecular flexibility index (Phi) is 5.51. The Balaban J connectivity index is 1.89. The molecule has 1 aromatic rings. The van der Waals surface area contributed by atoms with Crippen molar-refractivity contribution in [1.29, 1.82) is 0 Å². The van der Waals surface area contributed by atoms with Crippen LogP contribution in [0.5, 0.6) is 0 Å². The Hall–Kier alpha value is -1.67. The minimum Gasteiger partial charge on any atom is -0.406 e. The topological polar surface area (TPSA) is 92.5 Å². The molecule has 2 heterocycles. The van der Waals surface area contributed by atoms with Crippen LogP contribution in [0, 0.1) is 0 Å². The molecule has 1 aliphatic rings. The summed E-state index contributed by atoms with van der Waals surface area (Å²) < 4.78 is 10.8. The third-order valence-corrected chi connectivity index (χ3v) is 3.35. The van der Waals surface area contributed by atoms with Crippen LogP contribution in [-0.4, -0.2) is 59.9 Å². The van der Waals surface area contributed by atoms with Gasteiger partial charge in [0.25, 0.3) is 0 Å². The Labute approximate surface area is 124 Å². The van der Waals surface area contributed by atoms with Gasteiger partial charge in [0.1, 0.15) is 6.04 Å². The maximum absolute atomic E-state index is 12.3. The molecule has 1 fully saturated rings. The van der Waals surface area contributed by atoms with Crippen LogP contribution in [0.25, 0.3) is 0 Å². The molecule has 0 aromatic carbocycles. The van der Waals surface area contributed by atoms with Crippen molar-refractivity contribution in [3.63, 3.8) is 0 Å². The molecular formula is C13H23N5O3. The lowest BCUT2D eigenvalue weighted by Crippen LogP contribution is -2.47. The highest BCUT2D eigenvalue weighted by molar-refractivity contribution is 5.83. The van der Waals surface area contributed by atoms with Crippen LogP contribution in [0.4, 0.5) is 6.01 Å². The quantitative estimate of drug-likeness (QED) is 0.785. The summed E-state index contributed by atoms with van der Waals surface area (Å²) in [6, 6.07) is -0.155. The number of carbonyl (C=O) groups is 1. The molecule has 118 valence electrons. The van der Waals surface area contributed by atoms with Gasteiger partial charge < -0.3 is 24.7 Å². The molecular weight excluding hydrogens is 274 g/mol. The summed E-state index contributed by atoms with van der Waals surface area (Å²) in [5.74, 6) is 0.517. The number of nitrogens with zero attached hydrogens (tertiary/aromatic N) is 3. The van der Waals surface area contributed by atoms with Crippen molar-refractivity contribution in [3.05, 3.63) is 5.89 Å². The summed E-state index contributed by atoms with van der Waals surface area (Å²) in [6.45, 7) is 8.98. The molecule has 0 aliphatic carbocycles. The van der Waals surface area contributed by atoms with E-state index < -0.39 is 6.04 Å². The lowest BCUT2D eigenvalue weighted by atomic mass is 10.2. The summed E-state index contributed by atoms with van der Waals surface area (Å²) >= 11 is 0. The third-order valence-electron chi connectivity index (χ3n) is 3.35. The van der Waals surface area contributed by atoms with Crippen LogP contribution in [0.3, 0.4) is 0 Å².